The SMILES string of the molecule is O=C(O)c1c(F)cccc1-c1ccc(Br)cc1. The van der Waals surface area contributed by atoms with Crippen LogP contribution in [0.25, 0.3) is 11.1 Å². The van der Waals surface area contributed by atoms with Gasteiger partial charge in [-0.15, -0.1) is 0 Å². The van der Waals surface area contributed by atoms with E-state index in [1.165, 1.54) is 6.07 Å². The molecule has 17 heavy (non-hydrogen) atoms. The zero-order valence-corrected chi connectivity index (χ0v) is 10.2. The molecule has 0 unspecified atom stereocenters. The van der Waals surface area contributed by atoms with Crippen LogP contribution in [0.4, 0.5) is 4.39 Å². The molecule has 0 radical (unpaired) electrons. The van der Waals surface area contributed by atoms with Crippen LogP contribution >= 0.6 is 15.9 Å². The third-order valence-corrected chi connectivity index (χ3v) is 2.91. The Morgan fingerprint density at radius 3 is 2.35 bits per heavy atom. The largest absolute Gasteiger partial charge is 0.478 e. The highest BCUT2D eigenvalue weighted by Gasteiger charge is 2.16. The van der Waals surface area contributed by atoms with E-state index in [-0.39, 0.29) is 5.56 Å². The molecule has 0 saturated carbocycles. The van der Waals surface area contributed by atoms with Crippen molar-refractivity contribution in [1.82, 2.24) is 0 Å². The van der Waals surface area contributed by atoms with Crippen molar-refractivity contribution in [1.29, 1.82) is 0 Å². The highest BCUT2D eigenvalue weighted by molar-refractivity contribution is 9.10. The number of halogens is 2. The van der Waals surface area contributed by atoms with Gasteiger partial charge in [0.1, 0.15) is 11.4 Å². The third-order valence-electron chi connectivity index (χ3n) is 2.38. The minimum Gasteiger partial charge on any atom is -0.478 e. The van der Waals surface area contributed by atoms with Crippen LogP contribution in [0.3, 0.4) is 0 Å². The van der Waals surface area contributed by atoms with Gasteiger partial charge in [0.2, 0.25) is 0 Å². The summed E-state index contributed by atoms with van der Waals surface area (Å²) in [7, 11) is 0. The van der Waals surface area contributed by atoms with Gasteiger partial charge in [-0.25, -0.2) is 9.18 Å². The van der Waals surface area contributed by atoms with E-state index in [9.17, 15) is 9.18 Å². The van der Waals surface area contributed by atoms with Gasteiger partial charge in [-0.2, -0.15) is 0 Å². The first-order valence-corrected chi connectivity index (χ1v) is 5.66. The molecular weight excluding hydrogens is 287 g/mol. The molecule has 4 heteroatoms. The molecule has 0 aromatic heterocycles. The fourth-order valence-electron chi connectivity index (χ4n) is 1.61. The van der Waals surface area contributed by atoms with Crippen LogP contribution in [0.15, 0.2) is 46.9 Å². The van der Waals surface area contributed by atoms with Gasteiger partial charge in [0, 0.05) is 4.47 Å². The first kappa shape index (κ1) is 11.8. The van der Waals surface area contributed by atoms with Crippen LogP contribution < -0.4 is 0 Å². The summed E-state index contributed by atoms with van der Waals surface area (Å²) in [5, 5.41) is 9.01. The lowest BCUT2D eigenvalue weighted by Crippen LogP contribution is -2.03. The number of carbonyl (C=O) groups is 1. The monoisotopic (exact) mass is 294 g/mol. The van der Waals surface area contributed by atoms with E-state index >= 15 is 0 Å². The molecule has 0 heterocycles. The van der Waals surface area contributed by atoms with Crippen molar-refractivity contribution in [2.24, 2.45) is 0 Å². The molecule has 0 aliphatic heterocycles. The lowest BCUT2D eigenvalue weighted by Gasteiger charge is -2.07. The molecule has 0 bridgehead atoms. The van der Waals surface area contributed by atoms with Crippen molar-refractivity contribution in [3.05, 3.63) is 58.3 Å². The summed E-state index contributed by atoms with van der Waals surface area (Å²) in [6, 6.07) is 11.3. The van der Waals surface area contributed by atoms with Crippen molar-refractivity contribution in [3.63, 3.8) is 0 Å². The Morgan fingerprint density at radius 2 is 1.76 bits per heavy atom. The first-order valence-electron chi connectivity index (χ1n) is 4.87. The van der Waals surface area contributed by atoms with E-state index < -0.39 is 11.8 Å². The molecule has 0 fully saturated rings. The summed E-state index contributed by atoms with van der Waals surface area (Å²) in [6.07, 6.45) is 0. The zero-order chi connectivity index (χ0) is 12.4. The predicted molar refractivity (Wildman–Crippen MR) is 66.5 cm³/mol. The summed E-state index contributed by atoms with van der Waals surface area (Å²) in [5.41, 5.74) is 0.755. The standard InChI is InChI=1S/C13H8BrFO2/c14-9-6-4-8(5-7-9)10-2-1-3-11(15)12(10)13(16)17/h1-7H,(H,16,17). The summed E-state index contributed by atoms with van der Waals surface area (Å²) in [4.78, 5) is 11.0. The molecule has 2 aromatic rings. The maximum absolute atomic E-state index is 13.5. The van der Waals surface area contributed by atoms with E-state index in [1.807, 2.05) is 0 Å². The minimum absolute atomic E-state index is 0.296. The fraction of sp³-hybridized carbons (Fsp3) is 0. The molecule has 86 valence electrons. The average Bonchev–Trinajstić information content (AvgIpc) is 2.29. The molecule has 0 aliphatic carbocycles. The van der Waals surface area contributed by atoms with Gasteiger partial charge < -0.3 is 5.11 Å². The maximum atomic E-state index is 13.5. The smallest absolute Gasteiger partial charge is 0.339 e. The highest BCUT2D eigenvalue weighted by atomic mass is 79.9. The third kappa shape index (κ3) is 2.36. The predicted octanol–water partition coefficient (Wildman–Crippen LogP) is 3.95. The van der Waals surface area contributed by atoms with Gasteiger partial charge in [-0.1, -0.05) is 40.2 Å². The zero-order valence-electron chi connectivity index (χ0n) is 8.65. The molecule has 2 rings (SSSR count). The molecule has 2 nitrogen and oxygen atoms in total. The molecule has 1 N–H and O–H groups in total. The van der Waals surface area contributed by atoms with Crippen LogP contribution in [0.2, 0.25) is 0 Å². The molecule has 2 aromatic carbocycles. The van der Waals surface area contributed by atoms with E-state index in [4.69, 9.17) is 5.11 Å². The lowest BCUT2D eigenvalue weighted by atomic mass is 9.99. The van der Waals surface area contributed by atoms with Crippen molar-refractivity contribution in [2.75, 3.05) is 0 Å². The molecule has 0 saturated heterocycles. The van der Waals surface area contributed by atoms with Gasteiger partial charge in [0.15, 0.2) is 0 Å². The second kappa shape index (κ2) is 4.67. The Balaban J connectivity index is 2.63. The van der Waals surface area contributed by atoms with Crippen LogP contribution in [-0.2, 0) is 0 Å². The molecule has 0 atom stereocenters. The van der Waals surface area contributed by atoms with Crippen molar-refractivity contribution < 1.29 is 14.3 Å². The first-order chi connectivity index (χ1) is 8.09. The quantitative estimate of drug-likeness (QED) is 0.910. The normalized spacial score (nSPS) is 10.2. The van der Waals surface area contributed by atoms with E-state index in [1.54, 1.807) is 30.3 Å². The number of hydrogen-bond donors (Lipinski definition) is 1. The molecule has 0 amide bonds. The number of rotatable bonds is 2. The van der Waals surface area contributed by atoms with Crippen molar-refractivity contribution in [3.8, 4) is 11.1 Å². The summed E-state index contributed by atoms with van der Waals surface area (Å²) >= 11 is 3.29. The van der Waals surface area contributed by atoms with Gasteiger partial charge in [0.05, 0.1) is 0 Å². The fourth-order valence-corrected chi connectivity index (χ4v) is 1.88. The summed E-state index contributed by atoms with van der Waals surface area (Å²) < 4.78 is 14.4. The van der Waals surface area contributed by atoms with Crippen LogP contribution in [-0.4, -0.2) is 11.1 Å². The van der Waals surface area contributed by atoms with Crippen molar-refractivity contribution in [2.45, 2.75) is 0 Å². The molecule has 0 aliphatic rings. The topological polar surface area (TPSA) is 37.3 Å². The summed E-state index contributed by atoms with van der Waals surface area (Å²) in [6.45, 7) is 0. The van der Waals surface area contributed by atoms with Crippen molar-refractivity contribution >= 4 is 21.9 Å². The second-order valence-corrected chi connectivity index (χ2v) is 4.39. The number of carboxylic acids is 1. The van der Waals surface area contributed by atoms with E-state index in [0.717, 1.165) is 10.5 Å². The van der Waals surface area contributed by atoms with E-state index in [0.29, 0.717) is 11.1 Å². The van der Waals surface area contributed by atoms with Gasteiger partial charge >= 0.3 is 5.97 Å². The Morgan fingerprint density at radius 1 is 1.12 bits per heavy atom. The Bertz CT molecular complexity index is 564. The van der Waals surface area contributed by atoms with Crippen LogP contribution in [0.5, 0.6) is 0 Å². The Hall–Kier alpha value is -1.68. The number of aromatic carboxylic acids is 1. The van der Waals surface area contributed by atoms with E-state index in [2.05, 4.69) is 15.9 Å². The second-order valence-electron chi connectivity index (χ2n) is 3.47. The Kier molecular flexibility index (Phi) is 3.24. The highest BCUT2D eigenvalue weighted by Crippen LogP contribution is 2.27. The minimum atomic E-state index is -1.26. The average molecular weight is 295 g/mol. The number of hydrogen-bond acceptors (Lipinski definition) is 1. The lowest BCUT2D eigenvalue weighted by molar-refractivity contribution is 0.0693. The maximum Gasteiger partial charge on any atom is 0.339 e. The Labute approximate surface area is 106 Å². The number of benzene rings is 2. The molecule has 0 spiro atoms. The molecular formula is C13H8BrFO2. The van der Waals surface area contributed by atoms with Gasteiger partial charge in [-0.05, 0) is 29.3 Å². The number of carboxylic acid groups (broad SMARTS) is 1. The summed E-state index contributed by atoms with van der Waals surface area (Å²) in [5.74, 6) is -1.99. The van der Waals surface area contributed by atoms with Gasteiger partial charge in [0.25, 0.3) is 0 Å². The van der Waals surface area contributed by atoms with Gasteiger partial charge in [-0.3, -0.25) is 0 Å². The van der Waals surface area contributed by atoms with Crippen LogP contribution in [0, 0.1) is 5.82 Å². The van der Waals surface area contributed by atoms with Crippen LogP contribution in [0.1, 0.15) is 10.4 Å².